The molecule has 0 aliphatic carbocycles. The van der Waals surface area contributed by atoms with Gasteiger partial charge in [-0.05, 0) is 9.91 Å². The van der Waals surface area contributed by atoms with Crippen LogP contribution in [0, 0.1) is 10.1 Å². The molecule has 0 aliphatic heterocycles. The first kappa shape index (κ1) is 15.4. The summed E-state index contributed by atoms with van der Waals surface area (Å²) >= 11 is 0. The Morgan fingerprint density at radius 1 is 1.27 bits per heavy atom. The van der Waals surface area contributed by atoms with E-state index in [-0.39, 0.29) is 4.68 Å². The van der Waals surface area contributed by atoms with E-state index in [1.54, 1.807) is 0 Å². The van der Waals surface area contributed by atoms with E-state index in [1.807, 2.05) is 0 Å². The largest absolute Gasteiger partial charge is 0.492 e. The number of hydrogen-bond donors (Lipinski definition) is 0. The molecule has 0 atom stereocenters. The number of hydrogen-bond acceptors (Lipinski definition) is 7. The molecule has 0 amide bonds. The molecule has 0 bridgehead atoms. The van der Waals surface area contributed by atoms with Crippen LogP contribution < -0.4 is 0 Å². The summed E-state index contributed by atoms with van der Waals surface area (Å²) in [5.41, 5.74) is 0. The van der Waals surface area contributed by atoms with Gasteiger partial charge in [0.25, 0.3) is 0 Å². The summed E-state index contributed by atoms with van der Waals surface area (Å²) in [6, 6.07) is -1.66. The van der Waals surface area contributed by atoms with Crippen molar-refractivity contribution in [3.8, 4) is 0 Å². The molecule has 2 aromatic heterocycles. The SMILES string of the molecule is O=C(n1cncn1)n1nc([N+](=O)[O-])nc1C(F)(F)C(F)(F)F. The minimum absolute atomic E-state index is 0.244. The van der Waals surface area contributed by atoms with Gasteiger partial charge in [-0.2, -0.15) is 31.7 Å². The van der Waals surface area contributed by atoms with Crippen molar-refractivity contribution >= 4 is 12.0 Å². The van der Waals surface area contributed by atoms with Crippen molar-refractivity contribution in [3.05, 3.63) is 28.6 Å². The number of aromatic nitrogens is 6. The van der Waals surface area contributed by atoms with Crippen molar-refractivity contribution in [1.29, 1.82) is 0 Å². The Morgan fingerprint density at radius 2 is 1.91 bits per heavy atom. The predicted molar refractivity (Wildman–Crippen MR) is 52.8 cm³/mol. The van der Waals surface area contributed by atoms with Crippen molar-refractivity contribution in [2.75, 3.05) is 0 Å². The molecule has 0 saturated heterocycles. The molecular formula is C7H2F5N7O3. The average molecular weight is 327 g/mol. The maximum absolute atomic E-state index is 13.3. The van der Waals surface area contributed by atoms with Gasteiger partial charge in [-0.1, -0.05) is 4.68 Å². The number of carbonyl (C=O) groups excluding carboxylic acids is 1. The van der Waals surface area contributed by atoms with E-state index < -0.39 is 39.5 Å². The number of nitro groups is 1. The van der Waals surface area contributed by atoms with Gasteiger partial charge in [-0.3, -0.25) is 0 Å². The monoisotopic (exact) mass is 327 g/mol. The van der Waals surface area contributed by atoms with E-state index in [4.69, 9.17) is 0 Å². The topological polar surface area (TPSA) is 122 Å². The van der Waals surface area contributed by atoms with E-state index in [1.165, 1.54) is 0 Å². The Labute approximate surface area is 115 Å². The smallest absolute Gasteiger partial charge is 0.390 e. The minimum Gasteiger partial charge on any atom is -0.390 e. The molecular weight excluding hydrogens is 325 g/mol. The maximum Gasteiger partial charge on any atom is 0.492 e. The summed E-state index contributed by atoms with van der Waals surface area (Å²) in [5, 5.41) is 16.4. The minimum atomic E-state index is -6.14. The fourth-order valence-electron chi connectivity index (χ4n) is 1.25. The Bertz CT molecular complexity index is 721. The maximum atomic E-state index is 13.3. The average Bonchev–Trinajstić information content (AvgIpc) is 3.06. The van der Waals surface area contributed by atoms with Gasteiger partial charge >= 0.3 is 29.9 Å². The van der Waals surface area contributed by atoms with Gasteiger partial charge in [0.15, 0.2) is 0 Å². The molecule has 0 aliphatic rings. The molecule has 2 heterocycles. The fraction of sp³-hybridized carbons (Fsp3) is 0.286. The summed E-state index contributed by atoms with van der Waals surface area (Å²) in [6.45, 7) is 0. The highest BCUT2D eigenvalue weighted by molar-refractivity contribution is 5.77. The quantitative estimate of drug-likeness (QED) is 0.457. The molecule has 0 unspecified atom stereocenters. The summed E-state index contributed by atoms with van der Waals surface area (Å²) < 4.78 is 63.5. The first-order valence-corrected chi connectivity index (χ1v) is 5.01. The summed E-state index contributed by atoms with van der Waals surface area (Å²) in [5.74, 6) is -9.51. The van der Waals surface area contributed by atoms with Crippen LogP contribution >= 0.6 is 0 Å². The third kappa shape index (κ3) is 2.35. The number of halogens is 5. The number of carbonyl (C=O) groups is 1. The molecule has 2 aromatic rings. The second-order valence-electron chi connectivity index (χ2n) is 3.60. The number of rotatable bonds is 2. The Balaban J connectivity index is 2.63. The molecule has 10 nitrogen and oxygen atoms in total. The molecule has 0 N–H and O–H groups in total. The molecule has 2 rings (SSSR count). The second-order valence-corrected chi connectivity index (χ2v) is 3.60. The lowest BCUT2D eigenvalue weighted by Gasteiger charge is -2.15. The molecule has 0 fully saturated rings. The lowest BCUT2D eigenvalue weighted by molar-refractivity contribution is -0.394. The van der Waals surface area contributed by atoms with Gasteiger partial charge in [0.2, 0.25) is 0 Å². The fourth-order valence-corrected chi connectivity index (χ4v) is 1.25. The third-order valence-electron chi connectivity index (χ3n) is 2.19. The van der Waals surface area contributed by atoms with Crippen LogP contribution in [0.25, 0.3) is 0 Å². The zero-order valence-corrected chi connectivity index (χ0v) is 9.90. The lowest BCUT2D eigenvalue weighted by atomic mass is 10.3. The van der Waals surface area contributed by atoms with E-state index in [9.17, 15) is 36.9 Å². The highest BCUT2D eigenvalue weighted by Gasteiger charge is 2.65. The van der Waals surface area contributed by atoms with Crippen molar-refractivity contribution in [3.63, 3.8) is 0 Å². The first-order valence-electron chi connectivity index (χ1n) is 5.01. The van der Waals surface area contributed by atoms with Gasteiger partial charge in [-0.25, -0.2) is 9.78 Å². The zero-order valence-electron chi connectivity index (χ0n) is 9.90. The van der Waals surface area contributed by atoms with Gasteiger partial charge in [-0.15, -0.1) is 0 Å². The van der Waals surface area contributed by atoms with E-state index in [0.717, 1.165) is 6.33 Å². The van der Waals surface area contributed by atoms with E-state index in [0.29, 0.717) is 6.33 Å². The highest BCUT2D eigenvalue weighted by atomic mass is 19.4. The third-order valence-corrected chi connectivity index (χ3v) is 2.19. The zero-order chi connectivity index (χ0) is 16.7. The molecule has 0 aromatic carbocycles. The van der Waals surface area contributed by atoms with Gasteiger partial charge in [0.05, 0.1) is 0 Å². The van der Waals surface area contributed by atoms with Crippen LogP contribution in [-0.2, 0) is 5.92 Å². The lowest BCUT2D eigenvalue weighted by Crippen LogP contribution is -2.38. The van der Waals surface area contributed by atoms with Crippen molar-refractivity contribution in [1.82, 2.24) is 29.5 Å². The van der Waals surface area contributed by atoms with E-state index >= 15 is 0 Å². The number of nitrogens with zero attached hydrogens (tertiary/aromatic N) is 7. The van der Waals surface area contributed by atoms with Crippen molar-refractivity contribution < 1.29 is 31.7 Å². The van der Waals surface area contributed by atoms with Crippen LogP contribution in [0.3, 0.4) is 0 Å². The Hall–Kier alpha value is -3.00. The molecule has 0 saturated carbocycles. The Kier molecular flexibility index (Phi) is 3.34. The molecule has 0 spiro atoms. The normalized spacial score (nSPS) is 12.4. The summed E-state index contributed by atoms with van der Waals surface area (Å²) in [6.07, 6.45) is -4.69. The standard InChI is InChI=1S/C7H2F5N7O3/c8-6(9,7(10,11)12)3-15-4(19(21)22)16-18(3)5(20)17-2-13-1-14-17/h1-2H. The predicted octanol–water partition coefficient (Wildman–Crippen LogP) is 0.948. The van der Waals surface area contributed by atoms with Gasteiger partial charge in [0.1, 0.15) is 12.7 Å². The molecule has 22 heavy (non-hydrogen) atoms. The van der Waals surface area contributed by atoms with Crippen LogP contribution in [0.2, 0.25) is 0 Å². The van der Waals surface area contributed by atoms with Crippen LogP contribution in [0.15, 0.2) is 12.7 Å². The first-order chi connectivity index (χ1) is 10.1. The van der Waals surface area contributed by atoms with Gasteiger partial charge < -0.3 is 10.1 Å². The molecule has 0 radical (unpaired) electrons. The Morgan fingerprint density at radius 3 is 2.36 bits per heavy atom. The van der Waals surface area contributed by atoms with Gasteiger partial charge in [0, 0.05) is 5.10 Å². The van der Waals surface area contributed by atoms with E-state index in [2.05, 4.69) is 20.2 Å². The van der Waals surface area contributed by atoms with Crippen molar-refractivity contribution in [2.45, 2.75) is 12.1 Å². The number of alkyl halides is 5. The van der Waals surface area contributed by atoms with Crippen LogP contribution in [0.1, 0.15) is 5.82 Å². The van der Waals surface area contributed by atoms with Crippen LogP contribution in [0.5, 0.6) is 0 Å². The molecule has 15 heteroatoms. The summed E-state index contributed by atoms with van der Waals surface area (Å²) in [4.78, 5) is 26.5. The van der Waals surface area contributed by atoms with Crippen LogP contribution in [-0.4, -0.2) is 46.7 Å². The molecule has 118 valence electrons. The second kappa shape index (κ2) is 4.78. The summed E-state index contributed by atoms with van der Waals surface area (Å²) in [7, 11) is 0. The highest BCUT2D eigenvalue weighted by Crippen LogP contribution is 2.43. The van der Waals surface area contributed by atoms with Crippen molar-refractivity contribution in [2.24, 2.45) is 0 Å². The van der Waals surface area contributed by atoms with Crippen LogP contribution in [0.4, 0.5) is 32.7 Å².